The van der Waals surface area contributed by atoms with Crippen molar-refractivity contribution >= 4 is 28.9 Å². The number of methoxy groups -OCH3 is 1. The van der Waals surface area contributed by atoms with Gasteiger partial charge in [0.25, 0.3) is 5.69 Å². The van der Waals surface area contributed by atoms with Crippen molar-refractivity contribution in [3.63, 3.8) is 0 Å². The number of benzene rings is 2. The Hall–Kier alpha value is -3.66. The van der Waals surface area contributed by atoms with E-state index in [-0.39, 0.29) is 35.0 Å². The highest BCUT2D eigenvalue weighted by atomic mass is 16.6. The van der Waals surface area contributed by atoms with Gasteiger partial charge < -0.3 is 19.9 Å². The Kier molecular flexibility index (Phi) is 7.27. The Bertz CT molecular complexity index is 1040. The second-order valence-electron chi connectivity index (χ2n) is 8.46. The number of carbonyl (C=O) groups is 2. The summed E-state index contributed by atoms with van der Waals surface area (Å²) in [6.07, 6.45) is 1.57. The Morgan fingerprint density at radius 1 is 1.06 bits per heavy atom. The number of anilines is 2. The van der Waals surface area contributed by atoms with Crippen molar-refractivity contribution in [3.05, 3.63) is 58.6 Å². The van der Waals surface area contributed by atoms with Crippen LogP contribution in [0.2, 0.25) is 0 Å². The van der Waals surface area contributed by atoms with Crippen LogP contribution in [0.3, 0.4) is 0 Å². The van der Waals surface area contributed by atoms with Crippen molar-refractivity contribution < 1.29 is 19.2 Å². The highest BCUT2D eigenvalue weighted by molar-refractivity contribution is 5.95. The number of nitro benzene ring substituents is 1. The molecule has 0 radical (unpaired) electrons. The van der Waals surface area contributed by atoms with E-state index in [0.717, 1.165) is 6.42 Å². The average Bonchev–Trinajstić information content (AvgIpc) is 3.33. The number of amides is 2. The molecule has 2 aliphatic rings. The van der Waals surface area contributed by atoms with Crippen LogP contribution >= 0.6 is 0 Å². The molecule has 2 fully saturated rings. The van der Waals surface area contributed by atoms with Gasteiger partial charge in [0.15, 0.2) is 0 Å². The first-order valence-electron chi connectivity index (χ1n) is 11.4. The largest absolute Gasteiger partial charge is 0.497 e. The summed E-state index contributed by atoms with van der Waals surface area (Å²) in [6.45, 7) is 2.91. The van der Waals surface area contributed by atoms with Gasteiger partial charge in [-0.3, -0.25) is 24.6 Å². The molecule has 0 aromatic heterocycles. The maximum atomic E-state index is 13.0. The van der Waals surface area contributed by atoms with E-state index in [1.807, 2.05) is 9.80 Å². The molecule has 1 N–H and O–H groups in total. The van der Waals surface area contributed by atoms with Gasteiger partial charge in [0.05, 0.1) is 24.6 Å². The number of nitrogens with one attached hydrogen (secondary N) is 1. The molecular weight excluding hydrogens is 438 g/mol. The third-order valence-corrected chi connectivity index (χ3v) is 6.41. The van der Waals surface area contributed by atoms with Crippen LogP contribution in [0.4, 0.5) is 17.1 Å². The number of nitro groups is 1. The fraction of sp³-hybridized carbons (Fsp3) is 0.417. The zero-order chi connectivity index (χ0) is 24.1. The number of ether oxygens (including phenoxy) is 1. The van der Waals surface area contributed by atoms with E-state index >= 15 is 0 Å². The summed E-state index contributed by atoms with van der Waals surface area (Å²) in [5.74, 6) is 0.580. The van der Waals surface area contributed by atoms with Crippen LogP contribution in [0.5, 0.6) is 5.75 Å². The van der Waals surface area contributed by atoms with E-state index in [9.17, 15) is 19.7 Å². The highest BCUT2D eigenvalue weighted by Crippen LogP contribution is 2.28. The smallest absolute Gasteiger partial charge is 0.292 e. The van der Waals surface area contributed by atoms with E-state index in [2.05, 4.69) is 5.32 Å². The maximum Gasteiger partial charge on any atom is 0.292 e. The van der Waals surface area contributed by atoms with E-state index in [1.165, 1.54) is 6.07 Å². The van der Waals surface area contributed by atoms with Crippen LogP contribution in [-0.4, -0.2) is 79.0 Å². The standard InChI is InChI=1S/C24H29N5O5/c1-34-19-10-8-18(9-11-19)25-24(31)22-7-4-12-28(22)17-23(30)27-15-13-26(14-16-27)20-5-2-3-6-21(20)29(32)33/h2-3,5-6,8-11,22H,4,7,12-17H2,1H3,(H,25,31). The first-order chi connectivity index (χ1) is 16.5. The summed E-state index contributed by atoms with van der Waals surface area (Å²) in [7, 11) is 1.59. The topological polar surface area (TPSA) is 108 Å². The predicted octanol–water partition coefficient (Wildman–Crippen LogP) is 2.36. The zero-order valence-corrected chi connectivity index (χ0v) is 19.2. The van der Waals surface area contributed by atoms with Crippen LogP contribution in [0.1, 0.15) is 12.8 Å². The first-order valence-corrected chi connectivity index (χ1v) is 11.4. The molecule has 180 valence electrons. The van der Waals surface area contributed by atoms with E-state index in [4.69, 9.17) is 4.74 Å². The van der Waals surface area contributed by atoms with Gasteiger partial charge in [0.1, 0.15) is 11.4 Å². The van der Waals surface area contributed by atoms with Gasteiger partial charge in [-0.2, -0.15) is 0 Å². The SMILES string of the molecule is COc1ccc(NC(=O)C2CCCN2CC(=O)N2CCN(c3ccccc3[N+](=O)[O-])CC2)cc1. The van der Waals surface area contributed by atoms with Crippen LogP contribution in [-0.2, 0) is 9.59 Å². The van der Waals surface area contributed by atoms with E-state index in [0.29, 0.717) is 56.3 Å². The highest BCUT2D eigenvalue weighted by Gasteiger charge is 2.34. The fourth-order valence-corrected chi connectivity index (χ4v) is 4.57. The van der Waals surface area contributed by atoms with Gasteiger partial charge in [-0.1, -0.05) is 12.1 Å². The Balaban J connectivity index is 1.31. The monoisotopic (exact) mass is 467 g/mol. The van der Waals surface area contributed by atoms with Crippen molar-refractivity contribution in [2.45, 2.75) is 18.9 Å². The molecule has 0 saturated carbocycles. The number of hydrogen-bond acceptors (Lipinski definition) is 7. The number of para-hydroxylation sites is 2. The first kappa shape index (κ1) is 23.5. The maximum absolute atomic E-state index is 13.0. The van der Waals surface area contributed by atoms with Crippen LogP contribution in [0, 0.1) is 10.1 Å². The molecular formula is C24H29N5O5. The van der Waals surface area contributed by atoms with Gasteiger partial charge in [-0.15, -0.1) is 0 Å². The third kappa shape index (κ3) is 5.28. The average molecular weight is 468 g/mol. The summed E-state index contributed by atoms with van der Waals surface area (Å²) in [6, 6.07) is 13.5. The van der Waals surface area contributed by atoms with Crippen LogP contribution in [0.15, 0.2) is 48.5 Å². The number of nitrogens with zero attached hydrogens (tertiary/aromatic N) is 4. The molecule has 2 aromatic rings. The number of likely N-dealkylation sites (tertiary alicyclic amines) is 1. The minimum Gasteiger partial charge on any atom is -0.497 e. The van der Waals surface area contributed by atoms with Gasteiger partial charge in [-0.05, 0) is 49.7 Å². The van der Waals surface area contributed by atoms with Gasteiger partial charge in [0.2, 0.25) is 11.8 Å². The van der Waals surface area contributed by atoms with Crippen molar-refractivity contribution in [1.82, 2.24) is 9.80 Å². The van der Waals surface area contributed by atoms with Gasteiger partial charge in [-0.25, -0.2) is 0 Å². The molecule has 0 aliphatic carbocycles. The van der Waals surface area contributed by atoms with Gasteiger partial charge >= 0.3 is 0 Å². The summed E-state index contributed by atoms with van der Waals surface area (Å²) in [5, 5.41) is 14.3. The van der Waals surface area contributed by atoms with Crippen molar-refractivity contribution in [2.24, 2.45) is 0 Å². The number of piperazine rings is 1. The van der Waals surface area contributed by atoms with E-state index in [1.54, 1.807) is 54.5 Å². The Labute approximate surface area is 198 Å². The fourth-order valence-electron chi connectivity index (χ4n) is 4.57. The van der Waals surface area contributed by atoms with Crippen molar-refractivity contribution in [1.29, 1.82) is 0 Å². The number of hydrogen-bond donors (Lipinski definition) is 1. The third-order valence-electron chi connectivity index (χ3n) is 6.41. The second-order valence-corrected chi connectivity index (χ2v) is 8.46. The molecule has 2 aromatic carbocycles. The van der Waals surface area contributed by atoms with Gasteiger partial charge in [0, 0.05) is 37.9 Å². The molecule has 1 unspecified atom stereocenters. The quantitative estimate of drug-likeness (QED) is 0.492. The summed E-state index contributed by atoms with van der Waals surface area (Å²) >= 11 is 0. The number of carbonyl (C=O) groups excluding carboxylic acids is 2. The Morgan fingerprint density at radius 3 is 2.44 bits per heavy atom. The lowest BCUT2D eigenvalue weighted by Gasteiger charge is -2.36. The minimum atomic E-state index is -0.378. The predicted molar refractivity (Wildman–Crippen MR) is 128 cm³/mol. The molecule has 0 bridgehead atoms. The normalized spacial score (nSPS) is 18.6. The molecule has 1 atom stereocenters. The minimum absolute atomic E-state index is 0.0219. The molecule has 2 heterocycles. The van der Waals surface area contributed by atoms with Crippen molar-refractivity contribution in [3.8, 4) is 5.75 Å². The molecule has 2 saturated heterocycles. The lowest BCUT2D eigenvalue weighted by molar-refractivity contribution is -0.384. The molecule has 2 aliphatic heterocycles. The summed E-state index contributed by atoms with van der Waals surface area (Å²) < 4.78 is 5.14. The lowest BCUT2D eigenvalue weighted by Crippen LogP contribution is -2.52. The van der Waals surface area contributed by atoms with Crippen LogP contribution < -0.4 is 15.0 Å². The number of rotatable bonds is 7. The molecule has 10 heteroatoms. The molecule has 10 nitrogen and oxygen atoms in total. The van der Waals surface area contributed by atoms with E-state index < -0.39 is 0 Å². The molecule has 4 rings (SSSR count). The zero-order valence-electron chi connectivity index (χ0n) is 19.2. The molecule has 2 amide bonds. The van der Waals surface area contributed by atoms with Crippen LogP contribution in [0.25, 0.3) is 0 Å². The summed E-state index contributed by atoms with van der Waals surface area (Å²) in [4.78, 5) is 42.5. The van der Waals surface area contributed by atoms with Crippen molar-refractivity contribution in [2.75, 3.05) is 56.6 Å². The Morgan fingerprint density at radius 2 is 1.76 bits per heavy atom. The summed E-state index contributed by atoms with van der Waals surface area (Å²) in [5.41, 5.74) is 1.34. The molecule has 34 heavy (non-hydrogen) atoms. The molecule has 0 spiro atoms. The second kappa shape index (κ2) is 10.5. The lowest BCUT2D eigenvalue weighted by atomic mass is 10.2.